The topological polar surface area (TPSA) is 29.5 Å². The van der Waals surface area contributed by atoms with Crippen molar-refractivity contribution < 1.29 is 9.53 Å². The molecule has 3 nitrogen and oxygen atoms in total. The van der Waals surface area contributed by atoms with Crippen LogP contribution in [0.5, 0.6) is 0 Å². The van der Waals surface area contributed by atoms with Crippen molar-refractivity contribution in [1.29, 1.82) is 0 Å². The molecule has 0 saturated heterocycles. The highest BCUT2D eigenvalue weighted by molar-refractivity contribution is 5.92. The maximum Gasteiger partial charge on any atom is 0.335 e. The van der Waals surface area contributed by atoms with Crippen molar-refractivity contribution in [2.24, 2.45) is 5.92 Å². The first-order valence-corrected chi connectivity index (χ1v) is 7.19. The third-order valence-electron chi connectivity index (χ3n) is 4.27. The van der Waals surface area contributed by atoms with E-state index in [9.17, 15) is 4.79 Å². The molecular formula is C15H25NO2. The molecule has 0 bridgehead atoms. The molecule has 0 aromatic carbocycles. The fraction of sp³-hybridized carbons (Fsp3) is 0.800. The Hall–Kier alpha value is -0.830. The Labute approximate surface area is 110 Å². The highest BCUT2D eigenvalue weighted by atomic mass is 16.5. The summed E-state index contributed by atoms with van der Waals surface area (Å²) in [5.41, 5.74) is 2.33. The lowest BCUT2D eigenvalue weighted by atomic mass is 9.87. The molecular weight excluding hydrogens is 226 g/mol. The van der Waals surface area contributed by atoms with Gasteiger partial charge in [0.25, 0.3) is 0 Å². The van der Waals surface area contributed by atoms with Crippen molar-refractivity contribution in [3.63, 3.8) is 0 Å². The van der Waals surface area contributed by atoms with E-state index in [-0.39, 0.29) is 12.0 Å². The van der Waals surface area contributed by atoms with Crippen molar-refractivity contribution in [3.05, 3.63) is 11.1 Å². The van der Waals surface area contributed by atoms with E-state index in [0.717, 1.165) is 12.0 Å². The number of fused-ring (bicyclic) bond motifs is 1. The van der Waals surface area contributed by atoms with Gasteiger partial charge in [0.05, 0.1) is 12.2 Å². The Morgan fingerprint density at radius 3 is 2.78 bits per heavy atom. The van der Waals surface area contributed by atoms with E-state index in [2.05, 4.69) is 25.8 Å². The number of likely N-dealkylation sites (N-methyl/N-ethyl adjacent to an activating group) is 1. The van der Waals surface area contributed by atoms with E-state index < -0.39 is 0 Å². The predicted octanol–water partition coefficient (Wildman–Crippen LogP) is 2.76. The summed E-state index contributed by atoms with van der Waals surface area (Å²) in [6.07, 6.45) is 4.76. The van der Waals surface area contributed by atoms with Crippen LogP contribution in [0.2, 0.25) is 0 Å². The average Bonchev–Trinajstić information content (AvgIpc) is 2.64. The lowest BCUT2D eigenvalue weighted by molar-refractivity contribution is -0.139. The minimum atomic E-state index is -0.0811. The van der Waals surface area contributed by atoms with Gasteiger partial charge in [0.15, 0.2) is 0 Å². The van der Waals surface area contributed by atoms with Gasteiger partial charge in [-0.15, -0.1) is 0 Å². The molecule has 2 rings (SSSR count). The van der Waals surface area contributed by atoms with Crippen LogP contribution >= 0.6 is 0 Å². The van der Waals surface area contributed by atoms with E-state index in [1.165, 1.54) is 24.8 Å². The van der Waals surface area contributed by atoms with Crippen LogP contribution in [0, 0.1) is 5.92 Å². The lowest BCUT2D eigenvalue weighted by Gasteiger charge is -2.32. The summed E-state index contributed by atoms with van der Waals surface area (Å²) in [5.74, 6) is 0.370. The fourth-order valence-corrected chi connectivity index (χ4v) is 3.61. The molecule has 1 heterocycles. The van der Waals surface area contributed by atoms with Crippen molar-refractivity contribution in [2.75, 3.05) is 13.7 Å². The van der Waals surface area contributed by atoms with E-state index in [0.29, 0.717) is 18.6 Å². The van der Waals surface area contributed by atoms with Crippen LogP contribution in [0.4, 0.5) is 0 Å². The lowest BCUT2D eigenvalue weighted by Crippen LogP contribution is -2.40. The highest BCUT2D eigenvalue weighted by Crippen LogP contribution is 2.41. The van der Waals surface area contributed by atoms with Gasteiger partial charge in [-0.2, -0.15) is 0 Å². The fourth-order valence-electron chi connectivity index (χ4n) is 3.61. The number of rotatable bonds is 3. The first-order valence-electron chi connectivity index (χ1n) is 7.19. The maximum absolute atomic E-state index is 12.3. The van der Waals surface area contributed by atoms with Crippen molar-refractivity contribution in [3.8, 4) is 0 Å². The number of carbonyl (C=O) groups excluding carboxylic acids is 1. The van der Waals surface area contributed by atoms with E-state index in [4.69, 9.17) is 4.74 Å². The molecule has 1 saturated carbocycles. The molecule has 0 aromatic rings. The zero-order chi connectivity index (χ0) is 13.3. The summed E-state index contributed by atoms with van der Waals surface area (Å²) >= 11 is 0. The van der Waals surface area contributed by atoms with Crippen molar-refractivity contribution >= 4 is 5.97 Å². The normalized spacial score (nSPS) is 28.7. The molecule has 102 valence electrons. The van der Waals surface area contributed by atoms with Crippen LogP contribution in [0.15, 0.2) is 11.1 Å². The van der Waals surface area contributed by atoms with Crippen molar-refractivity contribution in [2.45, 2.75) is 58.5 Å². The molecule has 2 aliphatic rings. The van der Waals surface area contributed by atoms with Gasteiger partial charge < -0.3 is 4.74 Å². The second-order valence-electron chi connectivity index (χ2n) is 5.78. The summed E-state index contributed by atoms with van der Waals surface area (Å²) in [5, 5.41) is 0. The minimum absolute atomic E-state index is 0.0811. The number of hydrogen-bond acceptors (Lipinski definition) is 3. The monoisotopic (exact) mass is 251 g/mol. The molecule has 3 heteroatoms. The summed E-state index contributed by atoms with van der Waals surface area (Å²) < 4.78 is 5.28. The number of esters is 1. The van der Waals surface area contributed by atoms with Crippen LogP contribution in [-0.2, 0) is 9.53 Å². The summed E-state index contributed by atoms with van der Waals surface area (Å²) in [6, 6.07) is 0.715. The molecule has 18 heavy (non-hydrogen) atoms. The van der Waals surface area contributed by atoms with E-state index in [1.807, 2.05) is 6.92 Å². The van der Waals surface area contributed by atoms with Crippen LogP contribution in [0.1, 0.15) is 46.5 Å². The number of nitrogens with zero attached hydrogens (tertiary/aromatic N) is 1. The Morgan fingerprint density at radius 1 is 1.44 bits per heavy atom. The molecule has 0 N–H and O–H groups in total. The third-order valence-corrected chi connectivity index (χ3v) is 4.27. The molecule has 0 spiro atoms. The molecule has 1 aliphatic heterocycles. The molecule has 0 aromatic heterocycles. The van der Waals surface area contributed by atoms with E-state index >= 15 is 0 Å². The predicted molar refractivity (Wildman–Crippen MR) is 72.3 cm³/mol. The van der Waals surface area contributed by atoms with E-state index in [1.54, 1.807) is 0 Å². The standard InChI is InChI=1S/C15H25NO2/c1-5-18-15(17)13-11-8-6-7-9-12(11)16(4)14(13)10(2)3/h10,12,14H,5-9H2,1-4H3/t12-,14-/m1/s1. The summed E-state index contributed by atoms with van der Waals surface area (Å²) in [7, 11) is 2.16. The largest absolute Gasteiger partial charge is 0.463 e. The molecule has 0 unspecified atom stereocenters. The van der Waals surface area contributed by atoms with Gasteiger partial charge in [0, 0.05) is 12.1 Å². The van der Waals surface area contributed by atoms with Crippen LogP contribution in [-0.4, -0.2) is 36.6 Å². The Bertz CT molecular complexity index is 360. The number of ether oxygens (including phenoxy) is 1. The van der Waals surface area contributed by atoms with Gasteiger partial charge >= 0.3 is 5.97 Å². The molecule has 2 atom stereocenters. The third kappa shape index (κ3) is 2.20. The number of carbonyl (C=O) groups is 1. The average molecular weight is 251 g/mol. The summed E-state index contributed by atoms with van der Waals surface area (Å²) in [6.45, 7) is 6.73. The molecule has 0 amide bonds. The maximum atomic E-state index is 12.3. The van der Waals surface area contributed by atoms with Crippen LogP contribution < -0.4 is 0 Å². The zero-order valence-corrected chi connectivity index (χ0v) is 12.0. The first kappa shape index (κ1) is 13.6. The smallest absolute Gasteiger partial charge is 0.335 e. The SMILES string of the molecule is CCOC(=O)C1=C2CCCC[C@H]2N(C)[C@@H]1C(C)C. The first-order chi connectivity index (χ1) is 8.57. The molecule has 1 fully saturated rings. The van der Waals surface area contributed by atoms with Gasteiger partial charge in [0.2, 0.25) is 0 Å². The van der Waals surface area contributed by atoms with Gasteiger partial charge in [-0.05, 0) is 44.7 Å². The molecule has 0 radical (unpaired) electrons. The Morgan fingerprint density at radius 2 is 2.17 bits per heavy atom. The van der Waals surface area contributed by atoms with Gasteiger partial charge in [-0.3, -0.25) is 4.90 Å². The Balaban J connectivity index is 2.36. The highest BCUT2D eigenvalue weighted by Gasteiger charge is 2.43. The quantitative estimate of drug-likeness (QED) is 0.722. The minimum Gasteiger partial charge on any atom is -0.463 e. The van der Waals surface area contributed by atoms with Crippen molar-refractivity contribution in [1.82, 2.24) is 4.90 Å². The van der Waals surface area contributed by atoms with Gasteiger partial charge in [-0.25, -0.2) is 4.79 Å². The van der Waals surface area contributed by atoms with Gasteiger partial charge in [0.1, 0.15) is 0 Å². The number of hydrogen-bond donors (Lipinski definition) is 0. The second kappa shape index (κ2) is 5.43. The molecule has 1 aliphatic carbocycles. The van der Waals surface area contributed by atoms with Gasteiger partial charge in [-0.1, -0.05) is 20.3 Å². The summed E-state index contributed by atoms with van der Waals surface area (Å²) in [4.78, 5) is 14.6. The van der Waals surface area contributed by atoms with Crippen LogP contribution in [0.25, 0.3) is 0 Å². The zero-order valence-electron chi connectivity index (χ0n) is 12.0. The van der Waals surface area contributed by atoms with Crippen LogP contribution in [0.3, 0.4) is 0 Å². The Kier molecular flexibility index (Phi) is 4.10. The second-order valence-corrected chi connectivity index (χ2v) is 5.78.